The number of nitrogens with zero attached hydrogens (tertiary/aromatic N) is 2. The van der Waals surface area contributed by atoms with Crippen LogP contribution >= 0.6 is 11.3 Å². The van der Waals surface area contributed by atoms with Crippen LogP contribution in [0.25, 0.3) is 0 Å². The van der Waals surface area contributed by atoms with Gasteiger partial charge in [0.2, 0.25) is 11.8 Å². The lowest BCUT2D eigenvalue weighted by molar-refractivity contribution is -0.141. The van der Waals surface area contributed by atoms with Gasteiger partial charge in [0.1, 0.15) is 0 Å². The Morgan fingerprint density at radius 2 is 2.00 bits per heavy atom. The van der Waals surface area contributed by atoms with Gasteiger partial charge in [0.25, 0.3) is 0 Å². The normalized spacial score (nSPS) is 11.3. The van der Waals surface area contributed by atoms with Gasteiger partial charge in [-0.25, -0.2) is 4.98 Å². The number of carbonyl (C=O) groups is 2. The second-order valence-electron chi connectivity index (χ2n) is 6.42. The zero-order chi connectivity index (χ0) is 16.6. The van der Waals surface area contributed by atoms with Gasteiger partial charge >= 0.3 is 0 Å². The molecule has 6 heteroatoms. The highest BCUT2D eigenvalue weighted by Gasteiger charge is 2.28. The van der Waals surface area contributed by atoms with E-state index in [9.17, 15) is 9.59 Å². The van der Waals surface area contributed by atoms with E-state index in [4.69, 9.17) is 0 Å². The minimum atomic E-state index is -0.480. The molecule has 124 valence electrons. The number of amides is 2. The van der Waals surface area contributed by atoms with E-state index in [1.54, 1.807) is 16.5 Å². The Morgan fingerprint density at radius 1 is 1.27 bits per heavy atom. The van der Waals surface area contributed by atoms with Crippen molar-refractivity contribution in [3.8, 4) is 0 Å². The van der Waals surface area contributed by atoms with Crippen molar-refractivity contribution < 1.29 is 9.59 Å². The molecule has 1 aromatic rings. The Bertz CT molecular complexity index is 466. The van der Waals surface area contributed by atoms with E-state index in [0.29, 0.717) is 11.7 Å². The Balaban J connectivity index is 2.60. The summed E-state index contributed by atoms with van der Waals surface area (Å²) >= 11 is 1.37. The smallest absolute Gasteiger partial charge is 0.245 e. The van der Waals surface area contributed by atoms with E-state index >= 15 is 0 Å². The molecule has 1 N–H and O–H groups in total. The molecule has 0 bridgehead atoms. The zero-order valence-electron chi connectivity index (χ0n) is 14.0. The van der Waals surface area contributed by atoms with Crippen molar-refractivity contribution >= 4 is 28.3 Å². The second-order valence-corrected chi connectivity index (χ2v) is 7.32. The summed E-state index contributed by atoms with van der Waals surface area (Å²) in [6, 6.07) is 0. The number of anilines is 1. The fraction of sp³-hybridized carbons (Fsp3) is 0.688. The summed E-state index contributed by atoms with van der Waals surface area (Å²) in [6.07, 6.45) is 5.96. The van der Waals surface area contributed by atoms with Gasteiger partial charge in [0.05, 0.1) is 6.54 Å². The Hall–Kier alpha value is -1.43. The molecule has 1 rings (SSSR count). The molecular weight excluding hydrogens is 298 g/mol. The number of aromatic nitrogens is 1. The van der Waals surface area contributed by atoms with Crippen LogP contribution in [-0.2, 0) is 9.59 Å². The lowest BCUT2D eigenvalue weighted by Gasteiger charge is -2.29. The van der Waals surface area contributed by atoms with Gasteiger partial charge < -0.3 is 10.2 Å². The minimum absolute atomic E-state index is 0.0123. The first-order valence-corrected chi connectivity index (χ1v) is 8.71. The van der Waals surface area contributed by atoms with Crippen molar-refractivity contribution in [3.05, 3.63) is 11.6 Å². The number of nitrogens with one attached hydrogen (secondary N) is 1. The lowest BCUT2D eigenvalue weighted by atomic mass is 9.94. The molecule has 0 fully saturated rings. The molecular formula is C16H27N3O2S. The van der Waals surface area contributed by atoms with Crippen LogP contribution < -0.4 is 5.32 Å². The maximum atomic E-state index is 12.5. The van der Waals surface area contributed by atoms with Crippen LogP contribution in [0.15, 0.2) is 11.6 Å². The zero-order valence-corrected chi connectivity index (χ0v) is 14.8. The number of carbonyl (C=O) groups excluding carboxylic acids is 2. The van der Waals surface area contributed by atoms with Gasteiger partial charge in [-0.3, -0.25) is 9.59 Å². The van der Waals surface area contributed by atoms with Crippen molar-refractivity contribution in [1.29, 1.82) is 0 Å². The molecule has 0 saturated carbocycles. The van der Waals surface area contributed by atoms with Crippen LogP contribution in [0.1, 0.15) is 53.4 Å². The first kappa shape index (κ1) is 18.6. The van der Waals surface area contributed by atoms with Crippen LogP contribution in [0.2, 0.25) is 0 Å². The second kappa shape index (κ2) is 8.88. The maximum absolute atomic E-state index is 12.5. The summed E-state index contributed by atoms with van der Waals surface area (Å²) < 4.78 is 0. The third-order valence-electron chi connectivity index (χ3n) is 3.22. The average Bonchev–Trinajstić information content (AvgIpc) is 2.93. The van der Waals surface area contributed by atoms with Crippen molar-refractivity contribution in [2.45, 2.75) is 53.4 Å². The van der Waals surface area contributed by atoms with E-state index in [0.717, 1.165) is 25.7 Å². The molecule has 1 heterocycles. The average molecular weight is 325 g/mol. The fourth-order valence-corrected chi connectivity index (χ4v) is 2.62. The first-order valence-electron chi connectivity index (χ1n) is 7.83. The number of unbranched alkanes of at least 4 members (excludes halogenated alkanes) is 3. The maximum Gasteiger partial charge on any atom is 0.245 e. The highest BCUT2D eigenvalue weighted by molar-refractivity contribution is 7.13. The monoisotopic (exact) mass is 325 g/mol. The fourth-order valence-electron chi connectivity index (χ4n) is 2.07. The van der Waals surface area contributed by atoms with Gasteiger partial charge in [0.15, 0.2) is 5.13 Å². The summed E-state index contributed by atoms with van der Waals surface area (Å²) in [4.78, 5) is 30.3. The molecule has 0 spiro atoms. The molecule has 22 heavy (non-hydrogen) atoms. The largest absolute Gasteiger partial charge is 0.333 e. The van der Waals surface area contributed by atoms with Crippen LogP contribution in [-0.4, -0.2) is 34.8 Å². The van der Waals surface area contributed by atoms with Crippen molar-refractivity contribution in [3.63, 3.8) is 0 Å². The van der Waals surface area contributed by atoms with Crippen molar-refractivity contribution in [2.75, 3.05) is 18.4 Å². The summed E-state index contributed by atoms with van der Waals surface area (Å²) in [7, 11) is 0. The van der Waals surface area contributed by atoms with Crippen LogP contribution in [0, 0.1) is 5.41 Å². The molecule has 0 unspecified atom stereocenters. The number of hydrogen-bond donors (Lipinski definition) is 1. The van der Waals surface area contributed by atoms with Crippen molar-refractivity contribution in [2.24, 2.45) is 5.41 Å². The van der Waals surface area contributed by atoms with Gasteiger partial charge in [-0.15, -0.1) is 11.3 Å². The molecule has 0 atom stereocenters. The Labute approximate surface area is 137 Å². The van der Waals surface area contributed by atoms with Gasteiger partial charge in [0, 0.05) is 23.5 Å². The molecule has 0 aliphatic carbocycles. The highest BCUT2D eigenvalue weighted by atomic mass is 32.1. The van der Waals surface area contributed by atoms with Gasteiger partial charge in [-0.2, -0.15) is 0 Å². The number of rotatable bonds is 8. The van der Waals surface area contributed by atoms with E-state index in [2.05, 4.69) is 17.2 Å². The summed E-state index contributed by atoms with van der Waals surface area (Å²) in [5, 5.41) is 5.11. The van der Waals surface area contributed by atoms with Gasteiger partial charge in [-0.05, 0) is 6.42 Å². The summed E-state index contributed by atoms with van der Waals surface area (Å²) in [5.41, 5.74) is -0.480. The predicted molar refractivity (Wildman–Crippen MR) is 90.9 cm³/mol. The van der Waals surface area contributed by atoms with E-state index in [1.807, 2.05) is 20.8 Å². The third-order valence-corrected chi connectivity index (χ3v) is 3.91. The Morgan fingerprint density at radius 3 is 2.55 bits per heavy atom. The van der Waals surface area contributed by atoms with Crippen LogP contribution in [0.3, 0.4) is 0 Å². The number of thiazole rings is 1. The van der Waals surface area contributed by atoms with Crippen molar-refractivity contribution in [1.82, 2.24) is 9.88 Å². The predicted octanol–water partition coefficient (Wildman–Crippen LogP) is 3.54. The molecule has 0 aliphatic rings. The Kier molecular flexibility index (Phi) is 7.51. The summed E-state index contributed by atoms with van der Waals surface area (Å²) in [5.74, 6) is -0.179. The third kappa shape index (κ3) is 6.56. The molecule has 0 aliphatic heterocycles. The van der Waals surface area contributed by atoms with Crippen LogP contribution in [0.5, 0.6) is 0 Å². The SMILES string of the molecule is CCCCCCN(CC(=O)Nc1nccs1)C(=O)C(C)(C)C. The molecule has 0 saturated heterocycles. The lowest BCUT2D eigenvalue weighted by Crippen LogP contribution is -2.44. The first-order chi connectivity index (χ1) is 10.3. The molecule has 0 radical (unpaired) electrons. The topological polar surface area (TPSA) is 62.3 Å². The molecule has 0 aromatic carbocycles. The molecule has 5 nitrogen and oxygen atoms in total. The summed E-state index contributed by atoms with van der Waals surface area (Å²) in [6.45, 7) is 8.51. The van der Waals surface area contributed by atoms with Gasteiger partial charge in [-0.1, -0.05) is 47.0 Å². The minimum Gasteiger partial charge on any atom is -0.333 e. The standard InChI is InChI=1S/C16H27N3O2S/c1-5-6-7-8-10-19(14(21)16(2,3)4)12-13(20)18-15-17-9-11-22-15/h9,11H,5-8,10,12H2,1-4H3,(H,17,18,20). The van der Waals surface area contributed by atoms with E-state index < -0.39 is 5.41 Å². The highest BCUT2D eigenvalue weighted by Crippen LogP contribution is 2.18. The van der Waals surface area contributed by atoms with E-state index in [1.165, 1.54) is 11.3 Å². The molecule has 1 aromatic heterocycles. The molecule has 2 amide bonds. The quantitative estimate of drug-likeness (QED) is 0.744. The van der Waals surface area contributed by atoms with Crippen LogP contribution in [0.4, 0.5) is 5.13 Å². The van der Waals surface area contributed by atoms with E-state index in [-0.39, 0.29) is 18.4 Å². The number of hydrogen-bond acceptors (Lipinski definition) is 4.